The van der Waals surface area contributed by atoms with E-state index in [9.17, 15) is 0 Å². The number of aliphatic imine (C=N–C) groups is 1. The predicted molar refractivity (Wildman–Crippen MR) is 89.1 cm³/mol. The summed E-state index contributed by atoms with van der Waals surface area (Å²) in [6, 6.07) is 0. The van der Waals surface area contributed by atoms with Crippen molar-refractivity contribution >= 4 is 16.9 Å². The van der Waals surface area contributed by atoms with Crippen LogP contribution in [0.4, 0.5) is 0 Å². The first-order valence-electron chi connectivity index (χ1n) is 8.26. The van der Waals surface area contributed by atoms with Crippen LogP contribution in [-0.4, -0.2) is 23.5 Å². The highest BCUT2D eigenvalue weighted by atomic mass is 32.2. The van der Waals surface area contributed by atoms with Gasteiger partial charge in [-0.3, -0.25) is 4.99 Å². The third-order valence-corrected chi connectivity index (χ3v) is 5.39. The second kappa shape index (κ2) is 10.6. The lowest BCUT2D eigenvalue weighted by molar-refractivity contribution is 0.479. The average Bonchev–Trinajstić information content (AvgIpc) is 2.88. The summed E-state index contributed by atoms with van der Waals surface area (Å²) in [6.07, 6.45) is 10.8. The molecule has 1 unspecified atom stereocenters. The molecule has 1 aliphatic rings. The first-order chi connectivity index (χ1) is 9.31. The lowest BCUT2D eigenvalue weighted by atomic mass is 9.99. The molecule has 3 heteroatoms. The fraction of sp³-hybridized carbons (Fsp3) is 0.938. The molecule has 1 rings (SSSR count). The van der Waals surface area contributed by atoms with Crippen LogP contribution < -0.4 is 5.32 Å². The Balaban J connectivity index is 2.02. The maximum absolute atomic E-state index is 4.65. The van der Waals surface area contributed by atoms with E-state index in [4.69, 9.17) is 0 Å². The first kappa shape index (κ1) is 16.9. The van der Waals surface area contributed by atoms with Crippen molar-refractivity contribution in [1.82, 2.24) is 5.32 Å². The molecule has 2 nitrogen and oxygen atoms in total. The lowest BCUT2D eigenvalue weighted by Gasteiger charge is -2.18. The van der Waals surface area contributed by atoms with Gasteiger partial charge in [0, 0.05) is 11.8 Å². The van der Waals surface area contributed by atoms with Crippen LogP contribution in [0, 0.1) is 5.92 Å². The molecule has 0 amide bonds. The fourth-order valence-electron chi connectivity index (χ4n) is 2.65. The van der Waals surface area contributed by atoms with E-state index in [1.807, 2.05) is 11.8 Å². The molecule has 1 heterocycles. The van der Waals surface area contributed by atoms with Crippen LogP contribution in [0.25, 0.3) is 0 Å². The van der Waals surface area contributed by atoms with Gasteiger partial charge in [0.15, 0.2) is 5.17 Å². The summed E-state index contributed by atoms with van der Waals surface area (Å²) in [7, 11) is 0. The number of unbranched alkanes of at least 4 members (excludes halogenated alkanes) is 5. The smallest absolute Gasteiger partial charge is 0.156 e. The van der Waals surface area contributed by atoms with Crippen molar-refractivity contribution in [1.29, 1.82) is 0 Å². The topological polar surface area (TPSA) is 24.4 Å². The molecule has 0 aromatic heterocycles. The zero-order valence-electron chi connectivity index (χ0n) is 13.1. The minimum Gasteiger partial charge on any atom is -0.365 e. The number of nitrogens with one attached hydrogen (secondary N) is 1. The van der Waals surface area contributed by atoms with Gasteiger partial charge in [0.1, 0.15) is 0 Å². The highest BCUT2D eigenvalue weighted by Gasteiger charge is 2.25. The highest BCUT2D eigenvalue weighted by Crippen LogP contribution is 2.30. The second-order valence-electron chi connectivity index (χ2n) is 5.57. The highest BCUT2D eigenvalue weighted by molar-refractivity contribution is 8.14. The van der Waals surface area contributed by atoms with E-state index in [-0.39, 0.29) is 0 Å². The SMILES string of the molecule is CCCCCCCCNC1=NCC(C(CC)CC)S1. The summed E-state index contributed by atoms with van der Waals surface area (Å²) >= 11 is 1.98. The summed E-state index contributed by atoms with van der Waals surface area (Å²) in [6.45, 7) is 9.00. The minimum atomic E-state index is 0.724. The van der Waals surface area contributed by atoms with E-state index in [0.717, 1.165) is 24.3 Å². The van der Waals surface area contributed by atoms with Gasteiger partial charge in [0.2, 0.25) is 0 Å². The summed E-state index contributed by atoms with van der Waals surface area (Å²) < 4.78 is 0. The van der Waals surface area contributed by atoms with Gasteiger partial charge in [-0.25, -0.2) is 0 Å². The molecule has 0 aromatic carbocycles. The van der Waals surface area contributed by atoms with Gasteiger partial charge in [-0.2, -0.15) is 0 Å². The van der Waals surface area contributed by atoms with Gasteiger partial charge in [-0.05, 0) is 12.3 Å². The number of thioether (sulfide) groups is 1. The molecule has 0 spiro atoms. The molecule has 0 aromatic rings. The molecule has 1 atom stereocenters. The molecule has 0 radical (unpaired) electrons. The Hall–Kier alpha value is -0.180. The molecule has 0 aliphatic carbocycles. The number of hydrogen-bond donors (Lipinski definition) is 1. The van der Waals surface area contributed by atoms with E-state index in [1.165, 1.54) is 56.5 Å². The van der Waals surface area contributed by atoms with Crippen LogP contribution in [0.3, 0.4) is 0 Å². The van der Waals surface area contributed by atoms with Crippen LogP contribution in [0.5, 0.6) is 0 Å². The third-order valence-electron chi connectivity index (χ3n) is 4.06. The number of nitrogens with zero attached hydrogens (tertiary/aromatic N) is 1. The average molecular weight is 285 g/mol. The molecule has 19 heavy (non-hydrogen) atoms. The number of amidine groups is 1. The van der Waals surface area contributed by atoms with Crippen molar-refractivity contribution in [3.8, 4) is 0 Å². The Kier molecular flexibility index (Phi) is 9.40. The summed E-state index contributed by atoms with van der Waals surface area (Å²) in [5.74, 6) is 0.835. The quantitative estimate of drug-likeness (QED) is 0.580. The van der Waals surface area contributed by atoms with Gasteiger partial charge in [-0.15, -0.1) is 0 Å². The Morgan fingerprint density at radius 2 is 1.79 bits per heavy atom. The van der Waals surface area contributed by atoms with Gasteiger partial charge in [0.05, 0.1) is 6.54 Å². The van der Waals surface area contributed by atoms with Crippen molar-refractivity contribution in [2.24, 2.45) is 10.9 Å². The van der Waals surface area contributed by atoms with E-state index in [0.29, 0.717) is 0 Å². The van der Waals surface area contributed by atoms with Crippen molar-refractivity contribution < 1.29 is 0 Å². The van der Waals surface area contributed by atoms with E-state index in [1.54, 1.807) is 0 Å². The summed E-state index contributed by atoms with van der Waals surface area (Å²) in [5, 5.41) is 5.44. The molecule has 0 saturated carbocycles. The van der Waals surface area contributed by atoms with Crippen LogP contribution >= 0.6 is 11.8 Å². The summed E-state index contributed by atoms with van der Waals surface area (Å²) in [5.41, 5.74) is 0. The van der Waals surface area contributed by atoms with Crippen LogP contribution in [0.15, 0.2) is 4.99 Å². The van der Waals surface area contributed by atoms with Gasteiger partial charge in [-0.1, -0.05) is 77.5 Å². The van der Waals surface area contributed by atoms with Crippen LogP contribution in [0.1, 0.15) is 72.1 Å². The van der Waals surface area contributed by atoms with E-state index >= 15 is 0 Å². The molecular weight excluding hydrogens is 252 g/mol. The van der Waals surface area contributed by atoms with E-state index < -0.39 is 0 Å². The maximum Gasteiger partial charge on any atom is 0.156 e. The molecular formula is C16H32N2S. The van der Waals surface area contributed by atoms with Gasteiger partial charge >= 0.3 is 0 Å². The van der Waals surface area contributed by atoms with Crippen molar-refractivity contribution in [2.75, 3.05) is 13.1 Å². The Labute approximate surface area is 124 Å². The van der Waals surface area contributed by atoms with Crippen LogP contribution in [-0.2, 0) is 0 Å². The van der Waals surface area contributed by atoms with Crippen molar-refractivity contribution in [3.63, 3.8) is 0 Å². The predicted octanol–water partition coefficient (Wildman–Crippen LogP) is 4.84. The Morgan fingerprint density at radius 3 is 2.47 bits per heavy atom. The molecule has 0 fully saturated rings. The molecule has 1 N–H and O–H groups in total. The van der Waals surface area contributed by atoms with Crippen LogP contribution in [0.2, 0.25) is 0 Å². The Morgan fingerprint density at radius 1 is 1.11 bits per heavy atom. The molecule has 0 bridgehead atoms. The molecule has 1 aliphatic heterocycles. The molecule has 112 valence electrons. The first-order valence-corrected chi connectivity index (χ1v) is 9.14. The summed E-state index contributed by atoms with van der Waals surface area (Å²) in [4.78, 5) is 4.65. The molecule has 0 saturated heterocycles. The zero-order chi connectivity index (χ0) is 13.9. The Bertz CT molecular complexity index is 249. The third kappa shape index (κ3) is 6.69. The second-order valence-corrected chi connectivity index (χ2v) is 6.80. The van der Waals surface area contributed by atoms with Gasteiger partial charge < -0.3 is 5.32 Å². The minimum absolute atomic E-state index is 0.724. The number of rotatable bonds is 10. The lowest BCUT2D eigenvalue weighted by Crippen LogP contribution is -2.22. The number of hydrogen-bond acceptors (Lipinski definition) is 3. The van der Waals surface area contributed by atoms with Crippen molar-refractivity contribution in [3.05, 3.63) is 0 Å². The standard InChI is InChI=1S/C16H32N2S/c1-4-7-8-9-10-11-12-17-16-18-13-15(19-16)14(5-2)6-3/h14-15H,4-13H2,1-3H3,(H,17,18). The van der Waals surface area contributed by atoms with Crippen molar-refractivity contribution in [2.45, 2.75) is 77.4 Å². The monoisotopic (exact) mass is 284 g/mol. The van der Waals surface area contributed by atoms with E-state index in [2.05, 4.69) is 31.1 Å². The normalized spacial score (nSPS) is 18.9. The zero-order valence-corrected chi connectivity index (χ0v) is 13.9. The largest absolute Gasteiger partial charge is 0.365 e. The maximum atomic E-state index is 4.65. The van der Waals surface area contributed by atoms with Gasteiger partial charge in [0.25, 0.3) is 0 Å². The fourth-order valence-corrected chi connectivity index (χ4v) is 4.00.